The molecule has 168 valence electrons. The van der Waals surface area contributed by atoms with E-state index in [2.05, 4.69) is 5.32 Å². The fourth-order valence-electron chi connectivity index (χ4n) is 3.12. The Morgan fingerprint density at radius 1 is 1.06 bits per heavy atom. The molecule has 1 atom stereocenters. The van der Waals surface area contributed by atoms with Crippen molar-refractivity contribution >= 4 is 50.7 Å². The number of amides is 2. The zero-order chi connectivity index (χ0) is 23.2. The lowest BCUT2D eigenvalue weighted by molar-refractivity contribution is -0.140. The summed E-state index contributed by atoms with van der Waals surface area (Å²) >= 11 is 12.0. The zero-order valence-corrected chi connectivity index (χ0v) is 19.8. The molecule has 0 spiro atoms. The molecule has 7 nitrogen and oxygen atoms in total. The number of sulfonamides is 1. The van der Waals surface area contributed by atoms with Gasteiger partial charge in [0.15, 0.2) is 0 Å². The third-order valence-electron chi connectivity index (χ3n) is 4.70. The largest absolute Gasteiger partial charge is 0.357 e. The molecule has 1 N–H and O–H groups in total. The van der Waals surface area contributed by atoms with Crippen LogP contribution in [0.2, 0.25) is 10.0 Å². The molecule has 2 aromatic carbocycles. The number of rotatable bonds is 9. The van der Waals surface area contributed by atoms with E-state index in [9.17, 15) is 18.0 Å². The van der Waals surface area contributed by atoms with E-state index < -0.39 is 28.5 Å². The van der Waals surface area contributed by atoms with Crippen LogP contribution in [0.5, 0.6) is 0 Å². The quantitative estimate of drug-likeness (QED) is 0.589. The number of nitrogens with zero attached hydrogens (tertiary/aromatic N) is 2. The van der Waals surface area contributed by atoms with Crippen molar-refractivity contribution in [3.05, 3.63) is 64.1 Å². The topological polar surface area (TPSA) is 86.8 Å². The molecule has 0 bridgehead atoms. The van der Waals surface area contributed by atoms with Gasteiger partial charge in [0.1, 0.15) is 12.6 Å². The fraction of sp³-hybridized carbons (Fsp3) is 0.333. The Balaban J connectivity index is 2.42. The van der Waals surface area contributed by atoms with E-state index in [1.165, 1.54) is 30.1 Å². The van der Waals surface area contributed by atoms with E-state index in [4.69, 9.17) is 23.2 Å². The van der Waals surface area contributed by atoms with Crippen LogP contribution in [0.1, 0.15) is 18.9 Å². The Morgan fingerprint density at radius 2 is 1.71 bits per heavy atom. The molecule has 0 aromatic heterocycles. The van der Waals surface area contributed by atoms with Gasteiger partial charge < -0.3 is 10.2 Å². The highest BCUT2D eigenvalue weighted by Gasteiger charge is 2.31. The second-order valence-electron chi connectivity index (χ2n) is 6.91. The van der Waals surface area contributed by atoms with Crippen molar-refractivity contribution in [2.24, 2.45) is 0 Å². The lowest BCUT2D eigenvalue weighted by Gasteiger charge is -2.32. The molecule has 31 heavy (non-hydrogen) atoms. The van der Waals surface area contributed by atoms with Crippen molar-refractivity contribution in [2.75, 3.05) is 24.2 Å². The van der Waals surface area contributed by atoms with E-state index in [0.717, 1.165) is 16.1 Å². The van der Waals surface area contributed by atoms with Crippen LogP contribution >= 0.6 is 23.2 Å². The highest BCUT2D eigenvalue weighted by Crippen LogP contribution is 2.28. The first kappa shape index (κ1) is 25.0. The first-order chi connectivity index (χ1) is 14.6. The van der Waals surface area contributed by atoms with Crippen LogP contribution in [0.25, 0.3) is 0 Å². The van der Waals surface area contributed by atoms with Gasteiger partial charge in [-0.15, -0.1) is 0 Å². The predicted octanol–water partition coefficient (Wildman–Crippen LogP) is 3.31. The number of likely N-dealkylation sites (N-methyl/N-ethyl adjacent to an activating group) is 1. The summed E-state index contributed by atoms with van der Waals surface area (Å²) in [6.45, 7) is 1.46. The summed E-state index contributed by atoms with van der Waals surface area (Å²) in [6.07, 6.45) is 1.37. The van der Waals surface area contributed by atoms with Gasteiger partial charge in [0.05, 0.1) is 22.0 Å². The molecule has 0 unspecified atom stereocenters. The maximum atomic E-state index is 13.3. The third kappa shape index (κ3) is 6.59. The van der Waals surface area contributed by atoms with E-state index >= 15 is 0 Å². The highest BCUT2D eigenvalue weighted by atomic mass is 35.5. The Hall–Kier alpha value is -2.29. The van der Waals surface area contributed by atoms with Gasteiger partial charge in [0.25, 0.3) is 0 Å². The van der Waals surface area contributed by atoms with Gasteiger partial charge in [-0.25, -0.2) is 8.42 Å². The van der Waals surface area contributed by atoms with Crippen LogP contribution in [0.3, 0.4) is 0 Å². The highest BCUT2D eigenvalue weighted by molar-refractivity contribution is 7.92. The van der Waals surface area contributed by atoms with E-state index in [-0.39, 0.29) is 28.2 Å². The summed E-state index contributed by atoms with van der Waals surface area (Å²) in [7, 11) is -2.33. The van der Waals surface area contributed by atoms with Crippen LogP contribution in [0.4, 0.5) is 5.69 Å². The molecular weight excluding hydrogens is 461 g/mol. The van der Waals surface area contributed by atoms with E-state index in [1.807, 2.05) is 30.3 Å². The van der Waals surface area contributed by atoms with Crippen LogP contribution in [0, 0.1) is 0 Å². The molecule has 0 saturated carbocycles. The summed E-state index contributed by atoms with van der Waals surface area (Å²) < 4.78 is 25.9. The van der Waals surface area contributed by atoms with Gasteiger partial charge in [-0.05, 0) is 30.2 Å². The van der Waals surface area contributed by atoms with Crippen molar-refractivity contribution in [2.45, 2.75) is 25.9 Å². The van der Waals surface area contributed by atoms with Gasteiger partial charge in [-0.2, -0.15) is 0 Å². The maximum Gasteiger partial charge on any atom is 0.244 e. The average molecular weight is 486 g/mol. The van der Waals surface area contributed by atoms with Gasteiger partial charge >= 0.3 is 0 Å². The smallest absolute Gasteiger partial charge is 0.244 e. The lowest BCUT2D eigenvalue weighted by Crippen LogP contribution is -2.51. The van der Waals surface area contributed by atoms with Crippen LogP contribution in [0.15, 0.2) is 48.5 Å². The van der Waals surface area contributed by atoms with Gasteiger partial charge in [-0.1, -0.05) is 60.5 Å². The zero-order valence-electron chi connectivity index (χ0n) is 17.5. The van der Waals surface area contributed by atoms with E-state index in [1.54, 1.807) is 6.92 Å². The second-order valence-corrected chi connectivity index (χ2v) is 9.63. The van der Waals surface area contributed by atoms with Gasteiger partial charge in [0.2, 0.25) is 21.8 Å². The summed E-state index contributed by atoms with van der Waals surface area (Å²) in [5.41, 5.74) is 1.02. The minimum atomic E-state index is -3.82. The predicted molar refractivity (Wildman–Crippen MR) is 124 cm³/mol. The summed E-state index contributed by atoms with van der Waals surface area (Å²) in [6, 6.07) is 12.7. The maximum absolute atomic E-state index is 13.3. The van der Waals surface area contributed by atoms with Crippen molar-refractivity contribution < 1.29 is 18.0 Å². The molecule has 0 aliphatic rings. The number of nitrogens with one attached hydrogen (secondary N) is 1. The Labute approximate surface area is 193 Å². The summed E-state index contributed by atoms with van der Waals surface area (Å²) in [5.74, 6) is -0.844. The van der Waals surface area contributed by atoms with Crippen molar-refractivity contribution in [1.29, 1.82) is 0 Å². The molecule has 0 saturated heterocycles. The minimum absolute atomic E-state index is 0.157. The first-order valence-electron chi connectivity index (χ1n) is 9.56. The van der Waals surface area contributed by atoms with Crippen LogP contribution < -0.4 is 9.62 Å². The van der Waals surface area contributed by atoms with Crippen molar-refractivity contribution in [3.8, 4) is 0 Å². The monoisotopic (exact) mass is 485 g/mol. The molecule has 0 fully saturated rings. The van der Waals surface area contributed by atoms with Crippen LogP contribution in [-0.2, 0) is 26.2 Å². The molecule has 0 aliphatic heterocycles. The summed E-state index contributed by atoms with van der Waals surface area (Å²) in [5, 5.41) is 3.00. The number of carbonyl (C=O) groups is 2. The Morgan fingerprint density at radius 3 is 2.23 bits per heavy atom. The normalized spacial score (nSPS) is 12.2. The molecule has 0 aliphatic carbocycles. The van der Waals surface area contributed by atoms with Crippen molar-refractivity contribution in [3.63, 3.8) is 0 Å². The van der Waals surface area contributed by atoms with Crippen molar-refractivity contribution in [1.82, 2.24) is 10.2 Å². The average Bonchev–Trinajstić information content (AvgIpc) is 2.73. The Bertz CT molecular complexity index is 1030. The number of hydrogen-bond acceptors (Lipinski definition) is 4. The molecule has 0 radical (unpaired) electrons. The SMILES string of the molecule is CC[C@H](C(=O)NC)N(Cc1ccccc1)C(=O)CN(c1ccc(Cl)c(Cl)c1)S(C)(=O)=O. The molecule has 0 heterocycles. The molecule has 2 amide bonds. The van der Waals surface area contributed by atoms with E-state index in [0.29, 0.717) is 6.42 Å². The minimum Gasteiger partial charge on any atom is -0.357 e. The summed E-state index contributed by atoms with van der Waals surface area (Å²) in [4.78, 5) is 27.2. The number of anilines is 1. The molecule has 2 rings (SSSR count). The number of halogens is 2. The number of carbonyl (C=O) groups excluding carboxylic acids is 2. The third-order valence-corrected chi connectivity index (χ3v) is 6.58. The molecular formula is C21H25Cl2N3O4S. The fourth-order valence-corrected chi connectivity index (χ4v) is 4.25. The lowest BCUT2D eigenvalue weighted by atomic mass is 10.1. The number of hydrogen-bond donors (Lipinski definition) is 1. The van der Waals surface area contributed by atoms with Crippen LogP contribution in [-0.4, -0.2) is 51.0 Å². The molecule has 2 aromatic rings. The molecule has 10 heteroatoms. The van der Waals surface area contributed by atoms with Gasteiger partial charge in [-0.3, -0.25) is 13.9 Å². The van der Waals surface area contributed by atoms with Gasteiger partial charge in [0, 0.05) is 13.6 Å². The standard InChI is InChI=1S/C21H25Cl2N3O4S/c1-4-19(21(28)24-2)25(13-15-8-6-5-7-9-15)20(27)14-26(31(3,29)30)16-10-11-17(22)18(23)12-16/h5-12,19H,4,13-14H2,1-3H3,(H,24,28)/t19-/m1/s1. The number of benzene rings is 2. The Kier molecular flexibility index (Phi) is 8.73. The first-order valence-corrected chi connectivity index (χ1v) is 12.2. The second kappa shape index (κ2) is 10.8.